The fourth-order valence-corrected chi connectivity index (χ4v) is 3.77. The van der Waals surface area contributed by atoms with E-state index in [-0.39, 0.29) is 5.84 Å². The lowest BCUT2D eigenvalue weighted by molar-refractivity contribution is 1.07. The van der Waals surface area contributed by atoms with Crippen molar-refractivity contribution in [2.45, 2.75) is 48.0 Å². The monoisotopic (exact) mass is 385 g/mol. The number of benzene rings is 3. The normalized spacial score (nSPS) is 10.1. The molecule has 0 saturated carbocycles. The number of hydrogen-bond acceptors (Lipinski definition) is 2. The summed E-state index contributed by atoms with van der Waals surface area (Å²) in [7, 11) is 0. The van der Waals surface area contributed by atoms with Gasteiger partial charge in [0.2, 0.25) is 0 Å². The number of hydrogen-bond donors (Lipinski definition) is 2. The Morgan fingerprint density at radius 2 is 1.34 bits per heavy atom. The molecule has 0 aromatic heterocycles. The van der Waals surface area contributed by atoms with Crippen LogP contribution < -0.4 is 0 Å². The van der Waals surface area contributed by atoms with E-state index in [0.29, 0.717) is 5.56 Å². The molecule has 3 aromatic carbocycles. The standard InChI is InChI=1S/C15H15N3.C11H16/c1-10-5-3-4-6-13(10)14-9-12(15(16)18-17)8-7-11(14)2;1-5-11-9(3)6-8(2)7-10(11)4/h3-9,16-17H,1-2H3;6-7H,5H2,1-4H3. The third-order valence-electron chi connectivity index (χ3n) is 5.25. The highest BCUT2D eigenvalue weighted by molar-refractivity contribution is 5.97. The molecular formula is C26H31N3. The molecule has 0 fully saturated rings. The summed E-state index contributed by atoms with van der Waals surface area (Å²) in [5, 5.41) is 10.8. The van der Waals surface area contributed by atoms with Gasteiger partial charge in [0.1, 0.15) is 0 Å². The zero-order chi connectivity index (χ0) is 21.6. The van der Waals surface area contributed by atoms with Crippen molar-refractivity contribution in [3.63, 3.8) is 0 Å². The molecular weight excluding hydrogens is 354 g/mol. The third kappa shape index (κ3) is 5.47. The Hall–Kier alpha value is -3.07. The van der Waals surface area contributed by atoms with Crippen LogP contribution in [0.3, 0.4) is 0 Å². The number of nitrogens with zero attached hydrogens (tertiary/aromatic N) is 1. The van der Waals surface area contributed by atoms with E-state index in [0.717, 1.165) is 23.1 Å². The van der Waals surface area contributed by atoms with Crippen molar-refractivity contribution >= 4 is 5.84 Å². The van der Waals surface area contributed by atoms with Gasteiger partial charge in [-0.2, -0.15) is 0 Å². The van der Waals surface area contributed by atoms with Crippen LogP contribution >= 0.6 is 0 Å². The Morgan fingerprint density at radius 3 is 1.90 bits per heavy atom. The first-order chi connectivity index (χ1) is 13.8. The average Bonchev–Trinajstić information content (AvgIpc) is 2.68. The first kappa shape index (κ1) is 22.2. The predicted molar refractivity (Wildman–Crippen MR) is 123 cm³/mol. The maximum Gasteiger partial charge on any atom is 0.173 e. The van der Waals surface area contributed by atoms with Gasteiger partial charge in [-0.25, -0.2) is 5.53 Å². The van der Waals surface area contributed by atoms with Gasteiger partial charge in [0.05, 0.1) is 0 Å². The molecule has 0 saturated heterocycles. The summed E-state index contributed by atoms with van der Waals surface area (Å²) >= 11 is 0. The van der Waals surface area contributed by atoms with Gasteiger partial charge in [0, 0.05) is 5.56 Å². The second kappa shape index (κ2) is 9.92. The Balaban J connectivity index is 0.000000234. The van der Waals surface area contributed by atoms with Gasteiger partial charge in [-0.05, 0) is 86.1 Å². The number of rotatable bonds is 3. The lowest BCUT2D eigenvalue weighted by Gasteiger charge is -2.10. The average molecular weight is 386 g/mol. The first-order valence-electron chi connectivity index (χ1n) is 9.98. The maximum absolute atomic E-state index is 7.61. The minimum atomic E-state index is -0.00941. The molecule has 0 aliphatic heterocycles. The third-order valence-corrected chi connectivity index (χ3v) is 5.25. The molecule has 0 unspecified atom stereocenters. The van der Waals surface area contributed by atoms with Crippen LogP contribution in [-0.2, 0) is 6.42 Å². The summed E-state index contributed by atoms with van der Waals surface area (Å²) in [6.45, 7) is 12.9. The van der Waals surface area contributed by atoms with Crippen molar-refractivity contribution in [3.05, 3.63) is 93.5 Å². The van der Waals surface area contributed by atoms with E-state index < -0.39 is 0 Å². The highest BCUT2D eigenvalue weighted by atomic mass is 15.0. The van der Waals surface area contributed by atoms with Gasteiger partial charge >= 0.3 is 0 Å². The van der Waals surface area contributed by atoms with Crippen LogP contribution in [0.4, 0.5) is 0 Å². The molecule has 0 spiro atoms. The summed E-state index contributed by atoms with van der Waals surface area (Å²) in [6, 6.07) is 18.4. The molecule has 0 bridgehead atoms. The second-order valence-electron chi connectivity index (χ2n) is 7.54. The van der Waals surface area contributed by atoms with E-state index in [1.807, 2.05) is 37.3 Å². The van der Waals surface area contributed by atoms with E-state index in [4.69, 9.17) is 10.9 Å². The summed E-state index contributed by atoms with van der Waals surface area (Å²) in [5.74, 6) is -0.00941. The molecule has 0 amide bonds. The van der Waals surface area contributed by atoms with E-state index in [1.54, 1.807) is 0 Å². The van der Waals surface area contributed by atoms with Crippen molar-refractivity contribution in [3.8, 4) is 11.1 Å². The maximum atomic E-state index is 7.61. The molecule has 150 valence electrons. The topological polar surface area (TPSA) is 60.1 Å². The Kier molecular flexibility index (Phi) is 7.60. The lowest BCUT2D eigenvalue weighted by Crippen LogP contribution is -1.96. The quantitative estimate of drug-likeness (QED) is 0.266. The van der Waals surface area contributed by atoms with Crippen molar-refractivity contribution in [1.82, 2.24) is 0 Å². The molecule has 0 aliphatic rings. The fraction of sp³-hybridized carbons (Fsp3) is 0.269. The Morgan fingerprint density at radius 1 is 0.759 bits per heavy atom. The minimum absolute atomic E-state index is 0.00941. The van der Waals surface area contributed by atoms with E-state index in [9.17, 15) is 0 Å². The van der Waals surface area contributed by atoms with Gasteiger partial charge in [0.25, 0.3) is 0 Å². The predicted octanol–water partition coefficient (Wildman–Crippen LogP) is 7.50. The number of aryl methyl sites for hydroxylation is 5. The summed E-state index contributed by atoms with van der Waals surface area (Å²) < 4.78 is 0. The van der Waals surface area contributed by atoms with Crippen LogP contribution in [0.15, 0.2) is 59.7 Å². The van der Waals surface area contributed by atoms with E-state index in [1.165, 1.54) is 27.8 Å². The molecule has 2 N–H and O–H groups in total. The molecule has 0 aliphatic carbocycles. The highest BCUT2D eigenvalue weighted by Crippen LogP contribution is 2.27. The summed E-state index contributed by atoms with van der Waals surface area (Å²) in [6.07, 6.45) is 1.15. The van der Waals surface area contributed by atoms with Gasteiger partial charge in [-0.1, -0.05) is 61.0 Å². The highest BCUT2D eigenvalue weighted by Gasteiger charge is 2.08. The number of nitrogens with one attached hydrogen (secondary N) is 2. The van der Waals surface area contributed by atoms with Gasteiger partial charge in [-0.15, -0.1) is 5.11 Å². The molecule has 3 nitrogen and oxygen atoms in total. The van der Waals surface area contributed by atoms with Gasteiger partial charge in [-0.3, -0.25) is 5.41 Å². The van der Waals surface area contributed by atoms with Crippen molar-refractivity contribution in [2.24, 2.45) is 5.11 Å². The molecule has 3 aromatic rings. The van der Waals surface area contributed by atoms with Crippen LogP contribution in [0.2, 0.25) is 0 Å². The van der Waals surface area contributed by atoms with Crippen LogP contribution in [0.5, 0.6) is 0 Å². The SMILES string of the molecule is CCc1c(C)cc(C)cc1C.Cc1ccccc1-c1cc(C(=N)N=N)ccc1C. The first-order valence-corrected chi connectivity index (χ1v) is 9.98. The van der Waals surface area contributed by atoms with Gasteiger partial charge < -0.3 is 0 Å². The van der Waals surface area contributed by atoms with Crippen molar-refractivity contribution in [1.29, 1.82) is 10.9 Å². The largest absolute Gasteiger partial charge is 0.281 e. The van der Waals surface area contributed by atoms with Crippen LogP contribution in [-0.4, -0.2) is 5.84 Å². The van der Waals surface area contributed by atoms with Crippen LogP contribution in [0.1, 0.15) is 45.9 Å². The zero-order valence-corrected chi connectivity index (χ0v) is 18.4. The molecule has 0 radical (unpaired) electrons. The van der Waals surface area contributed by atoms with E-state index >= 15 is 0 Å². The molecule has 0 heterocycles. The molecule has 3 rings (SSSR count). The second-order valence-corrected chi connectivity index (χ2v) is 7.54. The van der Waals surface area contributed by atoms with Crippen LogP contribution in [0, 0.1) is 45.6 Å². The minimum Gasteiger partial charge on any atom is -0.281 e. The molecule has 3 heteroatoms. The molecule has 29 heavy (non-hydrogen) atoms. The van der Waals surface area contributed by atoms with Crippen molar-refractivity contribution < 1.29 is 0 Å². The van der Waals surface area contributed by atoms with Gasteiger partial charge in [0.15, 0.2) is 5.84 Å². The van der Waals surface area contributed by atoms with E-state index in [2.05, 4.69) is 64.0 Å². The molecule has 0 atom stereocenters. The van der Waals surface area contributed by atoms with Crippen LogP contribution in [0.25, 0.3) is 11.1 Å². The zero-order valence-electron chi connectivity index (χ0n) is 18.4. The fourth-order valence-electron chi connectivity index (χ4n) is 3.77. The Labute approximate surface area is 174 Å². The van der Waals surface area contributed by atoms with Crippen molar-refractivity contribution in [2.75, 3.05) is 0 Å². The summed E-state index contributed by atoms with van der Waals surface area (Å²) in [4.78, 5) is 0. The smallest absolute Gasteiger partial charge is 0.173 e. The number of amidine groups is 1. The lowest BCUT2D eigenvalue weighted by atomic mass is 9.95. The summed E-state index contributed by atoms with van der Waals surface area (Å²) in [5.41, 5.74) is 18.0. The Bertz CT molecular complexity index is 1010.